The molecule has 1 fully saturated rings. The normalized spacial score (nSPS) is 23.2. The highest BCUT2D eigenvalue weighted by Crippen LogP contribution is 2.21. The molecule has 1 aliphatic heterocycles. The van der Waals surface area contributed by atoms with Gasteiger partial charge in [-0.3, -0.25) is 9.48 Å². The molecule has 0 aromatic carbocycles. The Labute approximate surface area is 105 Å². The van der Waals surface area contributed by atoms with Crippen LogP contribution in [0.15, 0.2) is 6.20 Å². The van der Waals surface area contributed by atoms with Gasteiger partial charge in [0.15, 0.2) is 5.69 Å². The molecule has 0 bridgehead atoms. The minimum atomic E-state index is -0.431. The van der Waals surface area contributed by atoms with Crippen molar-refractivity contribution in [1.29, 1.82) is 0 Å². The van der Waals surface area contributed by atoms with Crippen molar-refractivity contribution in [3.8, 4) is 0 Å². The molecule has 0 spiro atoms. The molecule has 1 aromatic rings. The summed E-state index contributed by atoms with van der Waals surface area (Å²) >= 11 is 0. The summed E-state index contributed by atoms with van der Waals surface area (Å²) in [6, 6.07) is 0. The first-order chi connectivity index (χ1) is 8.56. The van der Waals surface area contributed by atoms with E-state index in [1.165, 1.54) is 4.68 Å². The number of ether oxygens (including phenoxy) is 2. The number of amides is 1. The molecule has 100 valence electrons. The van der Waals surface area contributed by atoms with Crippen LogP contribution in [0.2, 0.25) is 0 Å². The van der Waals surface area contributed by atoms with Crippen molar-refractivity contribution in [1.82, 2.24) is 15.1 Å². The van der Waals surface area contributed by atoms with Crippen molar-refractivity contribution in [2.45, 2.75) is 12.0 Å². The monoisotopic (exact) mass is 254 g/mol. The topological polar surface area (TPSA) is 91.4 Å². The molecule has 2 rings (SSSR count). The number of carbonyl (C=O) groups excluding carboxylic acids is 1. The molecule has 7 heteroatoms. The number of methoxy groups -OCH3 is 1. The molecule has 1 atom stereocenters. The van der Waals surface area contributed by atoms with Crippen molar-refractivity contribution in [2.24, 2.45) is 7.05 Å². The molecular formula is C11H18N4O3. The second kappa shape index (κ2) is 4.95. The molecule has 1 amide bonds. The third kappa shape index (κ3) is 2.46. The summed E-state index contributed by atoms with van der Waals surface area (Å²) in [4.78, 5) is 11.9. The van der Waals surface area contributed by atoms with Crippen molar-refractivity contribution in [3.63, 3.8) is 0 Å². The predicted molar refractivity (Wildman–Crippen MR) is 65.1 cm³/mol. The summed E-state index contributed by atoms with van der Waals surface area (Å²) in [7, 11) is 3.34. The summed E-state index contributed by atoms with van der Waals surface area (Å²) in [6.45, 7) is 1.52. The number of carbonyl (C=O) groups is 1. The summed E-state index contributed by atoms with van der Waals surface area (Å²) < 4.78 is 12.2. The minimum Gasteiger partial charge on any atom is -0.396 e. The lowest BCUT2D eigenvalue weighted by Gasteiger charge is -2.25. The van der Waals surface area contributed by atoms with Crippen LogP contribution in [0.25, 0.3) is 0 Å². The molecule has 18 heavy (non-hydrogen) atoms. The van der Waals surface area contributed by atoms with Gasteiger partial charge in [0.05, 0.1) is 12.3 Å². The summed E-state index contributed by atoms with van der Waals surface area (Å²) in [6.07, 6.45) is 2.36. The predicted octanol–water partition coefficient (Wildman–Crippen LogP) is -0.462. The first-order valence-corrected chi connectivity index (χ1v) is 5.76. The van der Waals surface area contributed by atoms with Crippen molar-refractivity contribution in [2.75, 3.05) is 32.6 Å². The number of aromatic nitrogens is 2. The van der Waals surface area contributed by atoms with Gasteiger partial charge in [0, 0.05) is 39.9 Å². The molecule has 3 N–H and O–H groups in total. The fourth-order valence-electron chi connectivity index (χ4n) is 1.97. The van der Waals surface area contributed by atoms with Gasteiger partial charge in [-0.25, -0.2) is 0 Å². The number of aryl methyl sites for hydroxylation is 1. The van der Waals surface area contributed by atoms with Gasteiger partial charge in [-0.2, -0.15) is 5.10 Å². The second-order valence-corrected chi connectivity index (χ2v) is 4.48. The Morgan fingerprint density at radius 1 is 1.78 bits per heavy atom. The van der Waals surface area contributed by atoms with E-state index in [2.05, 4.69) is 10.4 Å². The fourth-order valence-corrected chi connectivity index (χ4v) is 1.97. The van der Waals surface area contributed by atoms with Crippen molar-refractivity contribution >= 4 is 11.6 Å². The Bertz CT molecular complexity index is 437. The summed E-state index contributed by atoms with van der Waals surface area (Å²) in [5.41, 5.74) is 5.86. The van der Waals surface area contributed by atoms with Gasteiger partial charge < -0.3 is 20.5 Å². The highest BCUT2D eigenvalue weighted by molar-refractivity contribution is 5.97. The Hall–Kier alpha value is -1.60. The molecule has 1 unspecified atom stereocenters. The third-order valence-electron chi connectivity index (χ3n) is 3.14. The molecule has 7 nitrogen and oxygen atoms in total. The van der Waals surface area contributed by atoms with Crippen molar-refractivity contribution in [3.05, 3.63) is 11.9 Å². The number of nitrogens with zero attached hydrogens (tertiary/aromatic N) is 2. The maximum absolute atomic E-state index is 11.9. The van der Waals surface area contributed by atoms with E-state index >= 15 is 0 Å². The van der Waals surface area contributed by atoms with Gasteiger partial charge in [-0.1, -0.05) is 0 Å². The van der Waals surface area contributed by atoms with Gasteiger partial charge in [0.25, 0.3) is 5.91 Å². The quantitative estimate of drug-likeness (QED) is 0.758. The van der Waals surface area contributed by atoms with E-state index < -0.39 is 5.60 Å². The maximum Gasteiger partial charge on any atom is 0.274 e. The van der Waals surface area contributed by atoms with Crippen LogP contribution in [0.1, 0.15) is 16.9 Å². The van der Waals surface area contributed by atoms with Gasteiger partial charge >= 0.3 is 0 Å². The zero-order valence-corrected chi connectivity index (χ0v) is 10.6. The fraction of sp³-hybridized carbons (Fsp3) is 0.636. The highest BCUT2D eigenvalue weighted by atomic mass is 16.5. The minimum absolute atomic E-state index is 0.239. The molecule has 0 aliphatic carbocycles. The first-order valence-electron chi connectivity index (χ1n) is 5.76. The Balaban J connectivity index is 1.98. The van der Waals surface area contributed by atoms with Crippen LogP contribution in [0.3, 0.4) is 0 Å². The van der Waals surface area contributed by atoms with Crippen LogP contribution < -0.4 is 11.1 Å². The molecule has 1 saturated heterocycles. The van der Waals surface area contributed by atoms with Crippen LogP contribution in [-0.4, -0.2) is 48.2 Å². The number of nitrogens with two attached hydrogens (primary N) is 1. The Kier molecular flexibility index (Phi) is 3.53. The van der Waals surface area contributed by atoms with Crippen LogP contribution in [0.4, 0.5) is 5.69 Å². The highest BCUT2D eigenvalue weighted by Gasteiger charge is 2.35. The molecule has 0 saturated carbocycles. The zero-order valence-electron chi connectivity index (χ0n) is 10.6. The van der Waals surface area contributed by atoms with Crippen LogP contribution in [-0.2, 0) is 16.5 Å². The van der Waals surface area contributed by atoms with Crippen LogP contribution >= 0.6 is 0 Å². The largest absolute Gasteiger partial charge is 0.396 e. The smallest absolute Gasteiger partial charge is 0.274 e. The van der Waals surface area contributed by atoms with Crippen molar-refractivity contribution < 1.29 is 14.3 Å². The Morgan fingerprint density at radius 2 is 2.56 bits per heavy atom. The maximum atomic E-state index is 11.9. The lowest BCUT2D eigenvalue weighted by atomic mass is 10.0. The van der Waals surface area contributed by atoms with E-state index in [1.807, 2.05) is 0 Å². The standard InChI is InChI=1S/C11H18N4O3/c1-15-5-8(12)9(14-15)10(16)13-6-11(17-2)3-4-18-7-11/h5H,3-4,6-7,12H2,1-2H3,(H,13,16). The molecule has 0 radical (unpaired) electrons. The van der Waals surface area contributed by atoms with E-state index in [4.69, 9.17) is 15.2 Å². The summed E-state index contributed by atoms with van der Waals surface area (Å²) in [5, 5.41) is 6.80. The lowest BCUT2D eigenvalue weighted by molar-refractivity contribution is -0.0149. The van der Waals surface area contributed by atoms with Crippen LogP contribution in [0.5, 0.6) is 0 Å². The number of anilines is 1. The van der Waals surface area contributed by atoms with Crippen LogP contribution in [0, 0.1) is 0 Å². The number of nitrogen functional groups attached to an aromatic ring is 1. The number of hydrogen-bond donors (Lipinski definition) is 2. The third-order valence-corrected chi connectivity index (χ3v) is 3.14. The van der Waals surface area contributed by atoms with E-state index in [0.29, 0.717) is 25.4 Å². The first kappa shape index (κ1) is 12.8. The average molecular weight is 254 g/mol. The SMILES string of the molecule is COC1(CNC(=O)c2nn(C)cc2N)CCOC1. The van der Waals surface area contributed by atoms with Gasteiger partial charge in [-0.05, 0) is 0 Å². The molecule has 2 heterocycles. The lowest BCUT2D eigenvalue weighted by Crippen LogP contribution is -2.45. The van der Waals surface area contributed by atoms with E-state index in [1.54, 1.807) is 20.4 Å². The molecule has 1 aliphatic rings. The molecular weight excluding hydrogens is 236 g/mol. The second-order valence-electron chi connectivity index (χ2n) is 4.48. The van der Waals surface area contributed by atoms with E-state index in [0.717, 1.165) is 6.42 Å². The Morgan fingerprint density at radius 3 is 3.06 bits per heavy atom. The van der Waals surface area contributed by atoms with Gasteiger partial charge in [0.1, 0.15) is 5.60 Å². The van der Waals surface area contributed by atoms with E-state index in [9.17, 15) is 4.79 Å². The number of nitrogens with one attached hydrogen (secondary N) is 1. The van der Waals surface area contributed by atoms with Gasteiger partial charge in [0.2, 0.25) is 0 Å². The van der Waals surface area contributed by atoms with Gasteiger partial charge in [-0.15, -0.1) is 0 Å². The average Bonchev–Trinajstić information content (AvgIpc) is 2.94. The zero-order chi connectivity index (χ0) is 13.2. The number of hydrogen-bond acceptors (Lipinski definition) is 5. The molecule has 1 aromatic heterocycles. The number of rotatable bonds is 4. The summed E-state index contributed by atoms with van der Waals surface area (Å²) in [5.74, 6) is -0.295. The van der Waals surface area contributed by atoms with E-state index in [-0.39, 0.29) is 11.6 Å².